The Balaban J connectivity index is 2.22. The molecule has 0 saturated carbocycles. The molecule has 1 fully saturated rings. The van der Waals surface area contributed by atoms with Gasteiger partial charge in [-0.15, -0.1) is 0 Å². The minimum atomic E-state index is -1.15. The van der Waals surface area contributed by atoms with Gasteiger partial charge < -0.3 is 14.7 Å². The number of hydrogen-bond donors (Lipinski definition) is 1. The van der Waals surface area contributed by atoms with Crippen LogP contribution in [0.25, 0.3) is 11.1 Å². The normalized spacial score (nSPS) is 17.5. The first-order chi connectivity index (χ1) is 14.4. The van der Waals surface area contributed by atoms with Crippen molar-refractivity contribution < 1.29 is 19.0 Å². The number of pyridine rings is 1. The summed E-state index contributed by atoms with van der Waals surface area (Å²) < 4.78 is 19.6. The van der Waals surface area contributed by atoms with E-state index in [1.54, 1.807) is 18.3 Å². The van der Waals surface area contributed by atoms with E-state index >= 15 is 0 Å². The fraction of sp³-hybridized carbons (Fsp3) is 0.520. The molecular formula is C25H33FN2O3. The van der Waals surface area contributed by atoms with E-state index in [1.807, 2.05) is 27.7 Å². The SMILES string of the molecule is Cc1ncc(-c2ccc(F)cc2)c(N2CCC(C)(C)CC2)c1C(OC(C)(C)C)C(=O)O. The highest BCUT2D eigenvalue weighted by Gasteiger charge is 2.35. The maximum Gasteiger partial charge on any atom is 0.337 e. The number of aryl methyl sites for hydroxylation is 1. The number of carboxylic acids is 1. The third kappa shape index (κ3) is 5.42. The van der Waals surface area contributed by atoms with Crippen LogP contribution in [0.3, 0.4) is 0 Å². The van der Waals surface area contributed by atoms with Crippen LogP contribution in [0.1, 0.15) is 64.8 Å². The molecule has 6 heteroatoms. The predicted octanol–water partition coefficient (Wildman–Crippen LogP) is 5.76. The van der Waals surface area contributed by atoms with Crippen molar-refractivity contribution in [2.75, 3.05) is 18.0 Å². The Labute approximate surface area is 184 Å². The second kappa shape index (κ2) is 8.58. The van der Waals surface area contributed by atoms with Crippen molar-refractivity contribution in [3.8, 4) is 11.1 Å². The molecule has 2 heterocycles. The summed E-state index contributed by atoms with van der Waals surface area (Å²) in [4.78, 5) is 19.1. The lowest BCUT2D eigenvalue weighted by Crippen LogP contribution is -2.39. The third-order valence-electron chi connectivity index (χ3n) is 5.83. The molecule has 1 N–H and O–H groups in total. The van der Waals surface area contributed by atoms with Crippen LogP contribution in [0.15, 0.2) is 30.5 Å². The largest absolute Gasteiger partial charge is 0.479 e. The zero-order valence-corrected chi connectivity index (χ0v) is 19.3. The first kappa shape index (κ1) is 23.2. The summed E-state index contributed by atoms with van der Waals surface area (Å²) in [7, 11) is 0. The number of benzene rings is 1. The highest BCUT2D eigenvalue weighted by molar-refractivity contribution is 5.86. The number of hydrogen-bond acceptors (Lipinski definition) is 4. The third-order valence-corrected chi connectivity index (χ3v) is 5.83. The van der Waals surface area contributed by atoms with Crippen molar-refractivity contribution in [3.05, 3.63) is 47.5 Å². The van der Waals surface area contributed by atoms with Crippen LogP contribution >= 0.6 is 0 Å². The number of halogens is 1. The minimum Gasteiger partial charge on any atom is -0.479 e. The highest BCUT2D eigenvalue weighted by atomic mass is 19.1. The molecule has 1 aliphatic heterocycles. The van der Waals surface area contributed by atoms with E-state index in [1.165, 1.54) is 12.1 Å². The van der Waals surface area contributed by atoms with E-state index in [-0.39, 0.29) is 11.2 Å². The molecule has 2 aromatic rings. The molecule has 0 radical (unpaired) electrons. The summed E-state index contributed by atoms with van der Waals surface area (Å²) in [5.41, 5.74) is 3.21. The number of rotatable bonds is 5. The van der Waals surface area contributed by atoms with Crippen LogP contribution in [0.5, 0.6) is 0 Å². The van der Waals surface area contributed by atoms with Crippen LogP contribution in [-0.4, -0.2) is 34.8 Å². The fourth-order valence-corrected chi connectivity index (χ4v) is 4.03. The smallest absolute Gasteiger partial charge is 0.337 e. The van der Waals surface area contributed by atoms with Gasteiger partial charge in [0.25, 0.3) is 0 Å². The number of anilines is 1. The van der Waals surface area contributed by atoms with Gasteiger partial charge in [0.05, 0.1) is 11.3 Å². The molecular weight excluding hydrogens is 395 g/mol. The Morgan fingerprint density at radius 2 is 1.77 bits per heavy atom. The van der Waals surface area contributed by atoms with Crippen LogP contribution in [0, 0.1) is 18.2 Å². The fourth-order valence-electron chi connectivity index (χ4n) is 4.03. The average molecular weight is 429 g/mol. The van der Waals surface area contributed by atoms with Gasteiger partial charge in [0, 0.05) is 36.1 Å². The molecule has 1 aromatic carbocycles. The zero-order chi connectivity index (χ0) is 23.0. The van der Waals surface area contributed by atoms with Crippen molar-refractivity contribution >= 4 is 11.7 Å². The van der Waals surface area contributed by atoms with Crippen LogP contribution in [-0.2, 0) is 9.53 Å². The number of carboxylic acid groups (broad SMARTS) is 1. The quantitative estimate of drug-likeness (QED) is 0.656. The Bertz CT molecular complexity index is 938. The summed E-state index contributed by atoms with van der Waals surface area (Å²) in [5.74, 6) is -1.36. The van der Waals surface area contributed by atoms with Gasteiger partial charge >= 0.3 is 5.97 Å². The maximum atomic E-state index is 13.6. The molecule has 1 aliphatic rings. The van der Waals surface area contributed by atoms with Gasteiger partial charge in [-0.05, 0) is 63.6 Å². The van der Waals surface area contributed by atoms with Gasteiger partial charge in [0.1, 0.15) is 5.82 Å². The van der Waals surface area contributed by atoms with Gasteiger partial charge in [-0.25, -0.2) is 9.18 Å². The second-order valence-corrected chi connectivity index (χ2v) is 10.1. The molecule has 0 amide bonds. The van der Waals surface area contributed by atoms with Crippen LogP contribution < -0.4 is 4.90 Å². The number of piperidine rings is 1. The number of carbonyl (C=O) groups is 1. The molecule has 1 aromatic heterocycles. The molecule has 168 valence electrons. The van der Waals surface area contributed by atoms with Gasteiger partial charge in [0.15, 0.2) is 6.10 Å². The zero-order valence-electron chi connectivity index (χ0n) is 19.3. The lowest BCUT2D eigenvalue weighted by atomic mass is 9.82. The van der Waals surface area contributed by atoms with Gasteiger partial charge in [0.2, 0.25) is 0 Å². The monoisotopic (exact) mass is 428 g/mol. The van der Waals surface area contributed by atoms with Gasteiger partial charge in [-0.3, -0.25) is 4.98 Å². The van der Waals surface area contributed by atoms with Crippen molar-refractivity contribution in [1.29, 1.82) is 0 Å². The molecule has 0 spiro atoms. The van der Waals surface area contributed by atoms with Crippen molar-refractivity contribution in [2.45, 2.75) is 66.1 Å². The summed E-state index contributed by atoms with van der Waals surface area (Å²) >= 11 is 0. The lowest BCUT2D eigenvalue weighted by Gasteiger charge is -2.41. The molecule has 0 aliphatic carbocycles. The lowest BCUT2D eigenvalue weighted by molar-refractivity contribution is -0.160. The molecule has 31 heavy (non-hydrogen) atoms. The minimum absolute atomic E-state index is 0.239. The van der Waals surface area contributed by atoms with E-state index in [9.17, 15) is 14.3 Å². The summed E-state index contributed by atoms with van der Waals surface area (Å²) in [5, 5.41) is 10.1. The standard InChI is InChI=1S/C25H33FN2O3/c1-16-20(22(23(29)30)31-24(2,3)4)21(28-13-11-25(5,6)12-14-28)19(15-27-16)17-7-9-18(26)10-8-17/h7-10,15,22H,11-14H2,1-6H3,(H,29,30). The topological polar surface area (TPSA) is 62.7 Å². The summed E-state index contributed by atoms with van der Waals surface area (Å²) in [6, 6.07) is 6.25. The number of nitrogens with zero attached hydrogens (tertiary/aromatic N) is 2. The Morgan fingerprint density at radius 3 is 2.29 bits per heavy atom. The molecule has 1 saturated heterocycles. The molecule has 5 nitrogen and oxygen atoms in total. The van der Waals surface area contributed by atoms with Crippen molar-refractivity contribution in [3.63, 3.8) is 0 Å². The molecule has 0 bridgehead atoms. The second-order valence-electron chi connectivity index (χ2n) is 10.1. The first-order valence-electron chi connectivity index (χ1n) is 10.8. The number of aromatic nitrogens is 1. The van der Waals surface area contributed by atoms with E-state index in [2.05, 4.69) is 23.7 Å². The van der Waals surface area contributed by atoms with Crippen molar-refractivity contribution in [2.24, 2.45) is 5.41 Å². The first-order valence-corrected chi connectivity index (χ1v) is 10.8. The van der Waals surface area contributed by atoms with Crippen LogP contribution in [0.2, 0.25) is 0 Å². The molecule has 1 atom stereocenters. The molecule has 3 rings (SSSR count). The molecule has 1 unspecified atom stereocenters. The van der Waals surface area contributed by atoms with E-state index < -0.39 is 17.7 Å². The van der Waals surface area contributed by atoms with E-state index in [0.717, 1.165) is 42.7 Å². The average Bonchev–Trinajstić information content (AvgIpc) is 2.66. The Kier molecular flexibility index (Phi) is 6.42. The summed E-state index contributed by atoms with van der Waals surface area (Å²) in [6.07, 6.45) is 2.60. The Morgan fingerprint density at radius 1 is 1.19 bits per heavy atom. The Hall–Kier alpha value is -2.47. The predicted molar refractivity (Wildman–Crippen MR) is 121 cm³/mol. The maximum absolute atomic E-state index is 13.6. The van der Waals surface area contributed by atoms with E-state index in [0.29, 0.717) is 11.3 Å². The number of aliphatic carboxylic acids is 1. The summed E-state index contributed by atoms with van der Waals surface area (Å²) in [6.45, 7) is 13.5. The number of ether oxygens (including phenoxy) is 1. The van der Waals surface area contributed by atoms with Gasteiger partial charge in [-0.2, -0.15) is 0 Å². The van der Waals surface area contributed by atoms with Gasteiger partial charge in [-0.1, -0.05) is 26.0 Å². The van der Waals surface area contributed by atoms with Crippen molar-refractivity contribution in [1.82, 2.24) is 4.98 Å². The highest BCUT2D eigenvalue weighted by Crippen LogP contribution is 2.43. The van der Waals surface area contributed by atoms with Crippen LogP contribution in [0.4, 0.5) is 10.1 Å². The van der Waals surface area contributed by atoms with E-state index in [4.69, 9.17) is 4.74 Å².